The lowest BCUT2D eigenvalue weighted by molar-refractivity contribution is -0.122. The maximum absolute atomic E-state index is 12.0. The van der Waals surface area contributed by atoms with Gasteiger partial charge in [0.25, 0.3) is 0 Å². The highest BCUT2D eigenvalue weighted by Crippen LogP contribution is 2.12. The van der Waals surface area contributed by atoms with Crippen molar-refractivity contribution in [3.63, 3.8) is 0 Å². The highest BCUT2D eigenvalue weighted by atomic mass is 16.5. The molecule has 0 aromatic heterocycles. The third-order valence-corrected chi connectivity index (χ3v) is 3.88. The average molecular weight is 326 g/mol. The van der Waals surface area contributed by atoms with Crippen molar-refractivity contribution in [3.8, 4) is 5.75 Å². The number of nitrogens with one attached hydrogen (secondary N) is 1. The molecule has 2 aromatic rings. The molecule has 0 aliphatic heterocycles. The first kappa shape index (κ1) is 18.0. The molecule has 2 aromatic carbocycles. The summed E-state index contributed by atoms with van der Waals surface area (Å²) in [5.41, 5.74) is 9.19. The van der Waals surface area contributed by atoms with E-state index in [2.05, 4.69) is 5.32 Å². The van der Waals surface area contributed by atoms with Crippen molar-refractivity contribution in [3.05, 3.63) is 65.2 Å². The van der Waals surface area contributed by atoms with Crippen LogP contribution in [0.25, 0.3) is 0 Å². The lowest BCUT2D eigenvalue weighted by Gasteiger charge is -2.13. The molecule has 0 fully saturated rings. The summed E-state index contributed by atoms with van der Waals surface area (Å²) in [5.74, 6) is 0.740. The molecule has 0 heterocycles. The number of ether oxygens (including phenoxy) is 1. The van der Waals surface area contributed by atoms with Crippen LogP contribution in [-0.4, -0.2) is 19.1 Å². The minimum atomic E-state index is -0.616. The van der Waals surface area contributed by atoms with Crippen molar-refractivity contribution >= 4 is 5.91 Å². The highest BCUT2D eigenvalue weighted by Gasteiger charge is 2.14. The summed E-state index contributed by atoms with van der Waals surface area (Å²) >= 11 is 0. The van der Waals surface area contributed by atoms with Crippen molar-refractivity contribution in [2.24, 2.45) is 5.73 Å². The van der Waals surface area contributed by atoms with E-state index >= 15 is 0 Å². The van der Waals surface area contributed by atoms with Crippen LogP contribution in [0, 0.1) is 13.8 Å². The Bertz CT molecular complexity index is 636. The second-order valence-electron chi connectivity index (χ2n) is 6.05. The van der Waals surface area contributed by atoms with Gasteiger partial charge in [-0.2, -0.15) is 0 Å². The molecule has 0 aliphatic carbocycles. The SMILES string of the molecule is Cc1ccc(OCCCCNC(=O)C(N)c2ccc(C)cc2)cc1. The lowest BCUT2D eigenvalue weighted by atomic mass is 10.1. The number of nitrogens with two attached hydrogens (primary N) is 1. The van der Waals surface area contributed by atoms with Crippen molar-refractivity contribution in [2.45, 2.75) is 32.7 Å². The first-order valence-electron chi connectivity index (χ1n) is 8.35. The molecule has 2 rings (SSSR count). The van der Waals surface area contributed by atoms with E-state index in [0.29, 0.717) is 13.2 Å². The first-order chi connectivity index (χ1) is 11.6. The summed E-state index contributed by atoms with van der Waals surface area (Å²) < 4.78 is 5.66. The van der Waals surface area contributed by atoms with Crippen LogP contribution in [0.15, 0.2) is 48.5 Å². The molecular weight excluding hydrogens is 300 g/mol. The normalized spacial score (nSPS) is 11.8. The van der Waals surface area contributed by atoms with Gasteiger partial charge >= 0.3 is 0 Å². The van der Waals surface area contributed by atoms with Gasteiger partial charge in [0.2, 0.25) is 5.91 Å². The van der Waals surface area contributed by atoms with Crippen molar-refractivity contribution < 1.29 is 9.53 Å². The Balaban J connectivity index is 1.62. The maximum Gasteiger partial charge on any atom is 0.241 e. The van der Waals surface area contributed by atoms with Crippen molar-refractivity contribution in [1.29, 1.82) is 0 Å². The molecule has 3 N–H and O–H groups in total. The number of benzene rings is 2. The molecule has 0 saturated carbocycles. The quantitative estimate of drug-likeness (QED) is 0.732. The summed E-state index contributed by atoms with van der Waals surface area (Å²) in [5, 5.41) is 2.88. The van der Waals surface area contributed by atoms with Gasteiger partial charge in [-0.25, -0.2) is 0 Å². The predicted molar refractivity (Wildman–Crippen MR) is 97.0 cm³/mol. The Kier molecular flexibility index (Phi) is 6.82. The molecule has 0 radical (unpaired) electrons. The topological polar surface area (TPSA) is 64.3 Å². The highest BCUT2D eigenvalue weighted by molar-refractivity contribution is 5.82. The molecule has 1 unspecified atom stereocenters. The van der Waals surface area contributed by atoms with Crippen LogP contribution in [0.2, 0.25) is 0 Å². The minimum Gasteiger partial charge on any atom is -0.494 e. The van der Waals surface area contributed by atoms with Crippen LogP contribution in [0.4, 0.5) is 0 Å². The van der Waals surface area contributed by atoms with Gasteiger partial charge < -0.3 is 15.8 Å². The average Bonchev–Trinajstić information content (AvgIpc) is 2.59. The molecule has 0 bridgehead atoms. The Morgan fingerprint density at radius 3 is 2.21 bits per heavy atom. The first-order valence-corrected chi connectivity index (χ1v) is 8.35. The number of unbranched alkanes of at least 4 members (excludes halogenated alkanes) is 1. The van der Waals surface area contributed by atoms with Crippen LogP contribution in [0.1, 0.15) is 35.6 Å². The van der Waals surface area contributed by atoms with E-state index in [9.17, 15) is 4.79 Å². The number of aryl methyl sites for hydroxylation is 2. The molecule has 1 atom stereocenters. The number of hydrogen-bond donors (Lipinski definition) is 2. The summed E-state index contributed by atoms with van der Waals surface area (Å²) in [7, 11) is 0. The van der Waals surface area contributed by atoms with Gasteiger partial charge in [-0.1, -0.05) is 47.5 Å². The predicted octanol–water partition coefficient (Wildman–Crippen LogP) is 3.28. The van der Waals surface area contributed by atoms with Crippen LogP contribution in [0.3, 0.4) is 0 Å². The van der Waals surface area contributed by atoms with Gasteiger partial charge in [-0.3, -0.25) is 4.79 Å². The number of carbonyl (C=O) groups is 1. The zero-order valence-corrected chi connectivity index (χ0v) is 14.4. The Morgan fingerprint density at radius 1 is 1.00 bits per heavy atom. The molecule has 128 valence electrons. The Morgan fingerprint density at radius 2 is 1.58 bits per heavy atom. The standard InChI is InChI=1S/C20H26N2O2/c1-15-5-9-17(10-6-15)19(21)20(23)22-13-3-4-14-24-18-11-7-16(2)8-12-18/h5-12,19H,3-4,13-14,21H2,1-2H3,(H,22,23). The minimum absolute atomic E-state index is 0.140. The number of carbonyl (C=O) groups excluding carboxylic acids is 1. The molecular formula is C20H26N2O2. The van der Waals surface area contributed by atoms with E-state index in [4.69, 9.17) is 10.5 Å². The molecule has 0 spiro atoms. The van der Waals surface area contributed by atoms with Gasteiger partial charge in [-0.05, 0) is 44.4 Å². The number of amides is 1. The molecule has 1 amide bonds. The fourth-order valence-electron chi connectivity index (χ4n) is 2.30. The van der Waals surface area contributed by atoms with E-state index < -0.39 is 6.04 Å². The monoisotopic (exact) mass is 326 g/mol. The fourth-order valence-corrected chi connectivity index (χ4v) is 2.30. The van der Waals surface area contributed by atoms with E-state index in [0.717, 1.165) is 29.7 Å². The van der Waals surface area contributed by atoms with E-state index in [1.54, 1.807) is 0 Å². The van der Waals surface area contributed by atoms with Gasteiger partial charge in [-0.15, -0.1) is 0 Å². The summed E-state index contributed by atoms with van der Waals surface area (Å²) in [6.45, 7) is 5.31. The number of rotatable bonds is 8. The summed E-state index contributed by atoms with van der Waals surface area (Å²) in [4.78, 5) is 12.0. The van der Waals surface area contributed by atoms with E-state index in [1.807, 2.05) is 62.4 Å². The van der Waals surface area contributed by atoms with Crippen LogP contribution in [-0.2, 0) is 4.79 Å². The van der Waals surface area contributed by atoms with Crippen LogP contribution in [0.5, 0.6) is 5.75 Å². The summed E-state index contributed by atoms with van der Waals surface area (Å²) in [6, 6.07) is 15.1. The van der Waals surface area contributed by atoms with Crippen molar-refractivity contribution in [1.82, 2.24) is 5.32 Å². The van der Waals surface area contributed by atoms with E-state index in [-0.39, 0.29) is 5.91 Å². The van der Waals surface area contributed by atoms with Gasteiger partial charge in [0.15, 0.2) is 0 Å². The zero-order valence-electron chi connectivity index (χ0n) is 14.4. The largest absolute Gasteiger partial charge is 0.494 e. The summed E-state index contributed by atoms with van der Waals surface area (Å²) in [6.07, 6.45) is 1.74. The number of hydrogen-bond acceptors (Lipinski definition) is 3. The third kappa shape index (κ3) is 5.70. The second-order valence-corrected chi connectivity index (χ2v) is 6.05. The molecule has 0 saturated heterocycles. The second kappa shape index (κ2) is 9.08. The van der Waals surface area contributed by atoms with Gasteiger partial charge in [0.05, 0.1) is 6.61 Å². The van der Waals surface area contributed by atoms with E-state index in [1.165, 1.54) is 5.56 Å². The van der Waals surface area contributed by atoms with Gasteiger partial charge in [0, 0.05) is 6.54 Å². The van der Waals surface area contributed by atoms with Crippen LogP contribution >= 0.6 is 0 Å². The van der Waals surface area contributed by atoms with Crippen molar-refractivity contribution in [2.75, 3.05) is 13.2 Å². The molecule has 4 nitrogen and oxygen atoms in total. The third-order valence-electron chi connectivity index (χ3n) is 3.88. The smallest absolute Gasteiger partial charge is 0.241 e. The zero-order chi connectivity index (χ0) is 17.4. The van der Waals surface area contributed by atoms with Gasteiger partial charge in [0.1, 0.15) is 11.8 Å². The molecule has 24 heavy (non-hydrogen) atoms. The fraction of sp³-hybridized carbons (Fsp3) is 0.350. The Labute approximate surface area is 144 Å². The Hall–Kier alpha value is -2.33. The van der Waals surface area contributed by atoms with Crippen LogP contribution < -0.4 is 15.8 Å². The lowest BCUT2D eigenvalue weighted by Crippen LogP contribution is -2.34. The molecule has 0 aliphatic rings. The maximum atomic E-state index is 12.0. The molecule has 4 heteroatoms.